The summed E-state index contributed by atoms with van der Waals surface area (Å²) in [6.45, 7) is 4.39. The number of hydrogen-bond donors (Lipinski definition) is 2. The fourth-order valence-electron chi connectivity index (χ4n) is 3.43. The van der Waals surface area contributed by atoms with Gasteiger partial charge in [0, 0.05) is 6.42 Å². The van der Waals surface area contributed by atoms with Gasteiger partial charge in [0.1, 0.15) is 6.10 Å². The molecule has 2 fully saturated rings. The largest absolute Gasteiger partial charge is 0.393 e. The Bertz CT molecular complexity index is 335. The first-order chi connectivity index (χ1) is 10.6. The SMILES string of the molecule is CCCCCCCCC(O)CC1(O)OC12OC2CCCCC. The molecule has 2 saturated heterocycles. The highest BCUT2D eigenvalue weighted by Crippen LogP contribution is 2.64. The molecular weight excluding hydrogens is 280 g/mol. The molecule has 2 heterocycles. The summed E-state index contributed by atoms with van der Waals surface area (Å²) in [5.74, 6) is -1.99. The molecule has 0 radical (unpaired) electrons. The van der Waals surface area contributed by atoms with E-state index in [0.717, 1.165) is 32.1 Å². The van der Waals surface area contributed by atoms with E-state index >= 15 is 0 Å². The second-order valence-corrected chi connectivity index (χ2v) is 7.07. The number of unbranched alkanes of at least 4 members (excludes halogenated alkanes) is 7. The molecule has 4 unspecified atom stereocenters. The van der Waals surface area contributed by atoms with Crippen LogP contribution in [0.4, 0.5) is 0 Å². The Morgan fingerprint density at radius 1 is 0.955 bits per heavy atom. The lowest BCUT2D eigenvalue weighted by Gasteiger charge is -2.12. The van der Waals surface area contributed by atoms with Crippen molar-refractivity contribution in [1.29, 1.82) is 0 Å². The van der Waals surface area contributed by atoms with Crippen molar-refractivity contribution < 1.29 is 19.7 Å². The smallest absolute Gasteiger partial charge is 0.254 e. The van der Waals surface area contributed by atoms with Crippen molar-refractivity contribution >= 4 is 0 Å². The van der Waals surface area contributed by atoms with E-state index in [4.69, 9.17) is 9.47 Å². The minimum absolute atomic E-state index is 0.0327. The molecule has 2 N–H and O–H groups in total. The van der Waals surface area contributed by atoms with Gasteiger partial charge in [0.15, 0.2) is 0 Å². The first-order valence-electron chi connectivity index (χ1n) is 9.36. The molecule has 0 aromatic carbocycles. The first-order valence-corrected chi connectivity index (χ1v) is 9.36. The minimum atomic E-state index is -1.23. The predicted molar refractivity (Wildman–Crippen MR) is 86.4 cm³/mol. The quantitative estimate of drug-likeness (QED) is 0.400. The summed E-state index contributed by atoms with van der Waals surface area (Å²) in [7, 11) is 0. The Morgan fingerprint density at radius 3 is 2.32 bits per heavy atom. The van der Waals surface area contributed by atoms with Crippen LogP contribution in [-0.2, 0) is 9.47 Å². The van der Waals surface area contributed by atoms with E-state index in [1.54, 1.807) is 0 Å². The fourth-order valence-corrected chi connectivity index (χ4v) is 3.43. The van der Waals surface area contributed by atoms with Crippen molar-refractivity contribution in [3.63, 3.8) is 0 Å². The number of ether oxygens (including phenoxy) is 2. The third-order valence-electron chi connectivity index (χ3n) is 4.98. The molecule has 2 rings (SSSR count). The third kappa shape index (κ3) is 4.44. The Kier molecular flexibility index (Phi) is 6.69. The summed E-state index contributed by atoms with van der Waals surface area (Å²) < 4.78 is 11.0. The number of hydrogen-bond acceptors (Lipinski definition) is 4. The van der Waals surface area contributed by atoms with Crippen LogP contribution < -0.4 is 0 Å². The Hall–Kier alpha value is -0.160. The third-order valence-corrected chi connectivity index (χ3v) is 4.98. The van der Waals surface area contributed by atoms with E-state index in [1.165, 1.54) is 38.5 Å². The summed E-state index contributed by atoms with van der Waals surface area (Å²) >= 11 is 0. The van der Waals surface area contributed by atoms with E-state index in [2.05, 4.69) is 13.8 Å². The van der Waals surface area contributed by atoms with Gasteiger partial charge in [-0.3, -0.25) is 0 Å². The molecule has 4 atom stereocenters. The van der Waals surface area contributed by atoms with Gasteiger partial charge in [-0.2, -0.15) is 0 Å². The van der Waals surface area contributed by atoms with Crippen LogP contribution in [-0.4, -0.2) is 34.0 Å². The standard InChI is InChI=1S/C18H34O4/c1-3-5-7-8-9-11-12-15(19)14-17(20)18(22-17)16(21-18)13-10-6-4-2/h15-16,19-20H,3-14H2,1-2H3. The van der Waals surface area contributed by atoms with Gasteiger partial charge < -0.3 is 19.7 Å². The van der Waals surface area contributed by atoms with Gasteiger partial charge in [0.2, 0.25) is 5.79 Å². The van der Waals surface area contributed by atoms with Gasteiger partial charge >= 0.3 is 0 Å². The molecule has 0 aromatic rings. The molecule has 0 aliphatic carbocycles. The van der Waals surface area contributed by atoms with Crippen molar-refractivity contribution in [3.05, 3.63) is 0 Å². The van der Waals surface area contributed by atoms with Gasteiger partial charge in [-0.1, -0.05) is 71.6 Å². The summed E-state index contributed by atoms with van der Waals surface area (Å²) in [6.07, 6.45) is 12.3. The topological polar surface area (TPSA) is 65.5 Å². The molecule has 4 heteroatoms. The van der Waals surface area contributed by atoms with E-state index < -0.39 is 17.7 Å². The molecule has 2 aliphatic rings. The zero-order chi connectivity index (χ0) is 16.1. The number of aliphatic hydroxyl groups excluding tert-OH is 1. The van der Waals surface area contributed by atoms with E-state index in [1.807, 2.05) is 0 Å². The van der Waals surface area contributed by atoms with E-state index in [-0.39, 0.29) is 12.5 Å². The highest BCUT2D eigenvalue weighted by Gasteiger charge is 2.86. The van der Waals surface area contributed by atoms with Crippen LogP contribution >= 0.6 is 0 Å². The lowest BCUT2D eigenvalue weighted by atomic mass is 10.00. The normalized spacial score (nSPS) is 34.1. The monoisotopic (exact) mass is 314 g/mol. The lowest BCUT2D eigenvalue weighted by Crippen LogP contribution is -2.25. The Balaban J connectivity index is 1.55. The summed E-state index contributed by atoms with van der Waals surface area (Å²) in [6, 6.07) is 0. The molecule has 0 bridgehead atoms. The molecule has 1 spiro atoms. The van der Waals surface area contributed by atoms with Crippen LogP contribution in [0.2, 0.25) is 0 Å². The zero-order valence-electron chi connectivity index (χ0n) is 14.4. The predicted octanol–water partition coefficient (Wildman–Crippen LogP) is 3.88. The highest BCUT2D eigenvalue weighted by atomic mass is 16.9. The molecular formula is C18H34O4. The molecule has 4 nitrogen and oxygen atoms in total. The minimum Gasteiger partial charge on any atom is -0.393 e. The molecule has 130 valence electrons. The molecule has 0 aromatic heterocycles. The number of epoxide rings is 2. The molecule has 22 heavy (non-hydrogen) atoms. The van der Waals surface area contributed by atoms with Crippen LogP contribution in [0.5, 0.6) is 0 Å². The average molecular weight is 314 g/mol. The van der Waals surface area contributed by atoms with Gasteiger partial charge in [-0.05, 0) is 12.8 Å². The van der Waals surface area contributed by atoms with Crippen molar-refractivity contribution in [2.24, 2.45) is 0 Å². The highest BCUT2D eigenvalue weighted by molar-refractivity contribution is 5.17. The van der Waals surface area contributed by atoms with Gasteiger partial charge in [-0.25, -0.2) is 0 Å². The second kappa shape index (κ2) is 8.09. The van der Waals surface area contributed by atoms with E-state index in [9.17, 15) is 10.2 Å². The van der Waals surface area contributed by atoms with Crippen LogP contribution in [0.15, 0.2) is 0 Å². The molecule has 0 amide bonds. The van der Waals surface area contributed by atoms with Crippen molar-refractivity contribution in [1.82, 2.24) is 0 Å². The van der Waals surface area contributed by atoms with Gasteiger partial charge in [-0.15, -0.1) is 0 Å². The van der Waals surface area contributed by atoms with Crippen LogP contribution in [0.1, 0.15) is 90.9 Å². The maximum Gasteiger partial charge on any atom is 0.254 e. The Labute approximate surface area is 135 Å². The van der Waals surface area contributed by atoms with Crippen LogP contribution in [0, 0.1) is 0 Å². The lowest BCUT2D eigenvalue weighted by molar-refractivity contribution is -0.0134. The average Bonchev–Trinajstić information content (AvgIpc) is 3.31. The zero-order valence-corrected chi connectivity index (χ0v) is 14.4. The number of rotatable bonds is 13. The maximum absolute atomic E-state index is 10.4. The van der Waals surface area contributed by atoms with Crippen LogP contribution in [0.25, 0.3) is 0 Å². The van der Waals surface area contributed by atoms with Crippen molar-refractivity contribution in [2.45, 2.75) is 115 Å². The van der Waals surface area contributed by atoms with Crippen molar-refractivity contribution in [2.75, 3.05) is 0 Å². The van der Waals surface area contributed by atoms with Gasteiger partial charge in [0.25, 0.3) is 5.79 Å². The molecule has 0 saturated carbocycles. The van der Waals surface area contributed by atoms with E-state index in [0.29, 0.717) is 0 Å². The second-order valence-electron chi connectivity index (χ2n) is 7.07. The summed E-state index contributed by atoms with van der Waals surface area (Å²) in [4.78, 5) is 0. The van der Waals surface area contributed by atoms with Crippen molar-refractivity contribution in [3.8, 4) is 0 Å². The fraction of sp³-hybridized carbons (Fsp3) is 1.00. The van der Waals surface area contributed by atoms with Gasteiger partial charge in [0.05, 0.1) is 6.10 Å². The Morgan fingerprint density at radius 2 is 1.59 bits per heavy atom. The maximum atomic E-state index is 10.4. The molecule has 2 aliphatic heterocycles. The van der Waals surface area contributed by atoms with Crippen LogP contribution in [0.3, 0.4) is 0 Å². The number of aliphatic hydroxyl groups is 2. The summed E-state index contributed by atoms with van der Waals surface area (Å²) in [5, 5.41) is 20.5. The summed E-state index contributed by atoms with van der Waals surface area (Å²) in [5.41, 5.74) is 0. The first kappa shape index (κ1) is 18.2.